The van der Waals surface area contributed by atoms with Crippen molar-refractivity contribution in [2.45, 2.75) is 6.54 Å². The van der Waals surface area contributed by atoms with Crippen LogP contribution in [0.1, 0.15) is 15.9 Å². The first kappa shape index (κ1) is 20.7. The molecule has 7 heteroatoms. The van der Waals surface area contributed by atoms with Crippen molar-refractivity contribution in [2.75, 3.05) is 5.32 Å². The van der Waals surface area contributed by atoms with E-state index in [2.05, 4.69) is 36.5 Å². The molecule has 2 N–H and O–H groups in total. The van der Waals surface area contributed by atoms with E-state index in [1.54, 1.807) is 42.7 Å². The quantitative estimate of drug-likeness (QED) is 0.373. The molecule has 0 spiro atoms. The van der Waals surface area contributed by atoms with Gasteiger partial charge >= 0.3 is 0 Å². The maximum Gasteiger partial charge on any atom is 0.251 e. The first-order valence-corrected chi connectivity index (χ1v) is 10.3. The zero-order valence-corrected chi connectivity index (χ0v) is 17.9. The van der Waals surface area contributed by atoms with Gasteiger partial charge in [0.2, 0.25) is 5.95 Å². The summed E-state index contributed by atoms with van der Waals surface area (Å²) in [5.74, 6) is -0.101. The zero-order valence-electron chi connectivity index (χ0n) is 16.3. The van der Waals surface area contributed by atoms with Crippen LogP contribution >= 0.6 is 15.9 Å². The van der Waals surface area contributed by atoms with Gasteiger partial charge < -0.3 is 10.6 Å². The highest BCUT2D eigenvalue weighted by Gasteiger charge is 2.08. The Kier molecular flexibility index (Phi) is 6.33. The van der Waals surface area contributed by atoms with E-state index in [0.29, 0.717) is 34.9 Å². The summed E-state index contributed by atoms with van der Waals surface area (Å²) in [7, 11) is 0. The van der Waals surface area contributed by atoms with E-state index in [4.69, 9.17) is 0 Å². The molecule has 0 aliphatic carbocycles. The van der Waals surface area contributed by atoms with Crippen molar-refractivity contribution in [1.29, 1.82) is 0 Å². The lowest BCUT2D eigenvalue weighted by Crippen LogP contribution is -2.22. The van der Waals surface area contributed by atoms with E-state index in [9.17, 15) is 9.18 Å². The Morgan fingerprint density at radius 3 is 2.39 bits per heavy atom. The number of nitrogens with one attached hydrogen (secondary N) is 2. The molecule has 4 rings (SSSR count). The Balaban J connectivity index is 1.41. The summed E-state index contributed by atoms with van der Waals surface area (Å²) in [6, 6.07) is 21.1. The van der Waals surface area contributed by atoms with Crippen molar-refractivity contribution in [3.05, 3.63) is 107 Å². The topological polar surface area (TPSA) is 66.9 Å². The minimum atomic E-state index is -0.310. The molecule has 1 aromatic heterocycles. The second kappa shape index (κ2) is 9.49. The number of carbonyl (C=O) groups is 1. The lowest BCUT2D eigenvalue weighted by atomic mass is 10.1. The van der Waals surface area contributed by atoms with Gasteiger partial charge in [-0.1, -0.05) is 46.3 Å². The summed E-state index contributed by atoms with van der Waals surface area (Å²) in [4.78, 5) is 21.1. The Hall–Kier alpha value is -3.58. The van der Waals surface area contributed by atoms with Crippen LogP contribution in [0.15, 0.2) is 89.7 Å². The number of carbonyl (C=O) groups excluding carboxylic acids is 1. The van der Waals surface area contributed by atoms with E-state index in [-0.39, 0.29) is 11.7 Å². The zero-order chi connectivity index (χ0) is 21.6. The normalized spacial score (nSPS) is 10.5. The van der Waals surface area contributed by atoms with Crippen molar-refractivity contribution in [3.63, 3.8) is 0 Å². The number of rotatable bonds is 6. The maximum absolute atomic E-state index is 13.4. The fourth-order valence-corrected chi connectivity index (χ4v) is 3.23. The second-order valence-electron chi connectivity index (χ2n) is 6.82. The number of hydrogen-bond acceptors (Lipinski definition) is 4. The van der Waals surface area contributed by atoms with E-state index in [1.807, 2.05) is 30.3 Å². The molecule has 0 fully saturated rings. The predicted octanol–water partition coefficient (Wildman–Crippen LogP) is 5.72. The summed E-state index contributed by atoms with van der Waals surface area (Å²) < 4.78 is 14.4. The van der Waals surface area contributed by atoms with Crippen molar-refractivity contribution in [1.82, 2.24) is 15.3 Å². The third-order valence-electron chi connectivity index (χ3n) is 4.56. The molecule has 154 valence electrons. The highest BCUT2D eigenvalue weighted by atomic mass is 79.9. The summed E-state index contributed by atoms with van der Waals surface area (Å²) in [5, 5.41) is 6.00. The molecule has 0 atom stereocenters. The number of amides is 1. The molecule has 0 bridgehead atoms. The van der Waals surface area contributed by atoms with Crippen LogP contribution in [0.3, 0.4) is 0 Å². The molecular weight excluding hydrogens is 459 g/mol. The SMILES string of the molecule is O=C(NCc1ccc(Br)cc1)c1cccc(Nc2ncc(-c3cccc(F)c3)cn2)c1. The lowest BCUT2D eigenvalue weighted by molar-refractivity contribution is 0.0951. The van der Waals surface area contributed by atoms with Crippen LogP contribution < -0.4 is 10.6 Å². The minimum absolute atomic E-state index is 0.172. The fraction of sp³-hybridized carbons (Fsp3) is 0.0417. The van der Waals surface area contributed by atoms with E-state index >= 15 is 0 Å². The van der Waals surface area contributed by atoms with E-state index in [1.165, 1.54) is 12.1 Å². The van der Waals surface area contributed by atoms with Crippen LogP contribution in [0.2, 0.25) is 0 Å². The van der Waals surface area contributed by atoms with Crippen LogP contribution in [0.5, 0.6) is 0 Å². The highest BCUT2D eigenvalue weighted by molar-refractivity contribution is 9.10. The Morgan fingerprint density at radius 1 is 0.903 bits per heavy atom. The predicted molar refractivity (Wildman–Crippen MR) is 122 cm³/mol. The number of hydrogen-bond donors (Lipinski definition) is 2. The summed E-state index contributed by atoms with van der Waals surface area (Å²) >= 11 is 3.40. The van der Waals surface area contributed by atoms with Crippen LogP contribution in [0.25, 0.3) is 11.1 Å². The molecule has 0 aliphatic heterocycles. The number of aromatic nitrogens is 2. The average molecular weight is 477 g/mol. The molecule has 3 aromatic carbocycles. The summed E-state index contributed by atoms with van der Waals surface area (Å²) in [5.41, 5.74) is 3.65. The second-order valence-corrected chi connectivity index (χ2v) is 7.74. The molecule has 0 aliphatic rings. The first-order chi connectivity index (χ1) is 15.1. The number of halogens is 2. The molecule has 1 heterocycles. The van der Waals surface area contributed by atoms with Crippen LogP contribution in [0, 0.1) is 5.82 Å². The fourth-order valence-electron chi connectivity index (χ4n) is 2.96. The third kappa shape index (κ3) is 5.52. The van der Waals surface area contributed by atoms with Crippen molar-refractivity contribution < 1.29 is 9.18 Å². The lowest BCUT2D eigenvalue weighted by Gasteiger charge is -2.09. The van der Waals surface area contributed by atoms with Gasteiger partial charge in [-0.05, 0) is 53.6 Å². The van der Waals surface area contributed by atoms with Crippen LogP contribution in [-0.2, 0) is 6.54 Å². The first-order valence-electron chi connectivity index (χ1n) is 9.54. The molecule has 0 radical (unpaired) electrons. The largest absolute Gasteiger partial charge is 0.348 e. The van der Waals surface area contributed by atoms with Gasteiger partial charge in [0.25, 0.3) is 5.91 Å². The van der Waals surface area contributed by atoms with E-state index < -0.39 is 0 Å². The van der Waals surface area contributed by atoms with Gasteiger partial charge in [-0.25, -0.2) is 14.4 Å². The molecular formula is C24H18BrFN4O. The highest BCUT2D eigenvalue weighted by Crippen LogP contribution is 2.20. The van der Waals surface area contributed by atoms with Crippen LogP contribution in [0.4, 0.5) is 16.0 Å². The summed E-state index contributed by atoms with van der Waals surface area (Å²) in [6.07, 6.45) is 3.25. The molecule has 31 heavy (non-hydrogen) atoms. The van der Waals surface area contributed by atoms with Gasteiger partial charge in [0, 0.05) is 40.2 Å². The van der Waals surface area contributed by atoms with Crippen molar-refractivity contribution in [2.24, 2.45) is 0 Å². The average Bonchev–Trinajstić information content (AvgIpc) is 2.79. The van der Waals surface area contributed by atoms with Gasteiger partial charge in [0.1, 0.15) is 5.82 Å². The van der Waals surface area contributed by atoms with Gasteiger partial charge in [-0.3, -0.25) is 4.79 Å². The molecule has 0 saturated heterocycles. The van der Waals surface area contributed by atoms with Gasteiger partial charge in [0.05, 0.1) is 0 Å². The molecule has 5 nitrogen and oxygen atoms in total. The Labute approximate surface area is 187 Å². The van der Waals surface area contributed by atoms with Gasteiger partial charge in [-0.2, -0.15) is 0 Å². The number of nitrogens with zero attached hydrogens (tertiary/aromatic N) is 2. The monoisotopic (exact) mass is 476 g/mol. The molecule has 4 aromatic rings. The molecule has 0 unspecified atom stereocenters. The number of anilines is 2. The molecule has 1 amide bonds. The van der Waals surface area contributed by atoms with Crippen molar-refractivity contribution in [3.8, 4) is 11.1 Å². The number of benzene rings is 3. The third-order valence-corrected chi connectivity index (χ3v) is 5.09. The Bertz CT molecular complexity index is 1200. The van der Waals surface area contributed by atoms with Gasteiger partial charge in [-0.15, -0.1) is 0 Å². The van der Waals surface area contributed by atoms with Gasteiger partial charge in [0.15, 0.2) is 0 Å². The minimum Gasteiger partial charge on any atom is -0.348 e. The smallest absolute Gasteiger partial charge is 0.251 e. The maximum atomic E-state index is 13.4. The molecule has 0 saturated carbocycles. The van der Waals surface area contributed by atoms with Crippen LogP contribution in [-0.4, -0.2) is 15.9 Å². The van der Waals surface area contributed by atoms with E-state index in [0.717, 1.165) is 10.0 Å². The standard InChI is InChI=1S/C24H18BrFN4O/c25-20-9-7-16(8-10-20)13-27-23(31)18-4-2-6-22(12-18)30-24-28-14-19(15-29-24)17-3-1-5-21(26)11-17/h1-12,14-15H,13H2,(H,27,31)(H,28,29,30). The Morgan fingerprint density at radius 2 is 1.65 bits per heavy atom. The van der Waals surface area contributed by atoms with Crippen molar-refractivity contribution >= 4 is 33.5 Å². The summed E-state index contributed by atoms with van der Waals surface area (Å²) in [6.45, 7) is 0.439.